The molecule has 0 saturated heterocycles. The second kappa shape index (κ2) is 4.93. The van der Waals surface area contributed by atoms with E-state index in [1.165, 1.54) is 31.3 Å². The Bertz CT molecular complexity index is 518. The van der Waals surface area contributed by atoms with E-state index in [0.29, 0.717) is 17.6 Å². The lowest BCUT2D eigenvalue weighted by Crippen LogP contribution is -2.52. The Balaban J connectivity index is 1.66. The third-order valence-corrected chi connectivity index (χ3v) is 8.15. The van der Waals surface area contributed by atoms with Gasteiger partial charge in [0.05, 0.1) is 5.60 Å². The van der Waals surface area contributed by atoms with Crippen molar-refractivity contribution in [3.05, 3.63) is 11.6 Å². The van der Waals surface area contributed by atoms with E-state index in [1.54, 1.807) is 0 Å². The van der Waals surface area contributed by atoms with E-state index in [-0.39, 0.29) is 5.41 Å². The molecule has 2 heteroatoms. The highest BCUT2D eigenvalue weighted by Crippen LogP contribution is 2.66. The minimum absolute atomic E-state index is 0.167. The van der Waals surface area contributed by atoms with E-state index in [9.17, 15) is 9.90 Å². The van der Waals surface area contributed by atoms with E-state index in [1.807, 2.05) is 6.08 Å². The SMILES string of the molecule is CCC12CCC3C4CCC(=O)C=C4CCC3C1CC[C@]2(C)O. The molecule has 5 unspecified atom stereocenters. The molecule has 0 aromatic carbocycles. The van der Waals surface area contributed by atoms with E-state index in [2.05, 4.69) is 13.8 Å². The van der Waals surface area contributed by atoms with Gasteiger partial charge in [-0.15, -0.1) is 0 Å². The molecule has 0 bridgehead atoms. The number of hydrogen-bond donors (Lipinski definition) is 1. The lowest BCUT2D eigenvalue weighted by Gasteiger charge is -2.56. The Labute approximate surface area is 134 Å². The van der Waals surface area contributed by atoms with Crippen LogP contribution in [-0.2, 0) is 4.79 Å². The highest BCUT2D eigenvalue weighted by atomic mass is 16.3. The molecule has 0 aromatic heterocycles. The van der Waals surface area contributed by atoms with Crippen molar-refractivity contribution in [1.29, 1.82) is 0 Å². The molecular weight excluding hydrogens is 272 g/mol. The van der Waals surface area contributed by atoms with Gasteiger partial charge in [-0.25, -0.2) is 0 Å². The van der Waals surface area contributed by atoms with Gasteiger partial charge in [0.2, 0.25) is 0 Å². The fraction of sp³-hybridized carbons (Fsp3) is 0.850. The average Bonchev–Trinajstić information content (AvgIpc) is 2.78. The van der Waals surface area contributed by atoms with Gasteiger partial charge >= 0.3 is 0 Å². The molecule has 0 aliphatic heterocycles. The van der Waals surface area contributed by atoms with Gasteiger partial charge < -0.3 is 5.11 Å². The number of allylic oxidation sites excluding steroid dienone is 1. The number of hydrogen-bond acceptors (Lipinski definition) is 2. The van der Waals surface area contributed by atoms with Crippen molar-refractivity contribution < 1.29 is 9.90 Å². The number of carbonyl (C=O) groups excluding carboxylic acids is 1. The highest BCUT2D eigenvalue weighted by Gasteiger charge is 2.61. The van der Waals surface area contributed by atoms with Crippen LogP contribution in [0.5, 0.6) is 0 Å². The second-order valence-electron chi connectivity index (χ2n) is 8.66. The molecular formula is C20H30O2. The highest BCUT2D eigenvalue weighted by molar-refractivity contribution is 5.91. The summed E-state index contributed by atoms with van der Waals surface area (Å²) >= 11 is 0. The zero-order valence-electron chi connectivity index (χ0n) is 14.1. The molecule has 0 heterocycles. The summed E-state index contributed by atoms with van der Waals surface area (Å²) in [7, 11) is 0. The van der Waals surface area contributed by atoms with E-state index in [4.69, 9.17) is 0 Å². The van der Waals surface area contributed by atoms with Crippen LogP contribution < -0.4 is 0 Å². The molecule has 1 N–H and O–H groups in total. The van der Waals surface area contributed by atoms with Crippen molar-refractivity contribution in [1.82, 2.24) is 0 Å². The van der Waals surface area contributed by atoms with Crippen LogP contribution >= 0.6 is 0 Å². The zero-order valence-corrected chi connectivity index (χ0v) is 14.1. The van der Waals surface area contributed by atoms with E-state index < -0.39 is 5.60 Å². The summed E-state index contributed by atoms with van der Waals surface area (Å²) in [5.74, 6) is 3.32. The van der Waals surface area contributed by atoms with Crippen molar-refractivity contribution in [3.63, 3.8) is 0 Å². The largest absolute Gasteiger partial charge is 0.390 e. The van der Waals surface area contributed by atoms with Crippen LogP contribution in [0.2, 0.25) is 0 Å². The number of rotatable bonds is 1. The smallest absolute Gasteiger partial charge is 0.155 e. The van der Waals surface area contributed by atoms with Gasteiger partial charge in [-0.3, -0.25) is 4.79 Å². The van der Waals surface area contributed by atoms with E-state index in [0.717, 1.165) is 43.9 Å². The molecule has 0 aromatic rings. The maximum Gasteiger partial charge on any atom is 0.155 e. The fourth-order valence-corrected chi connectivity index (χ4v) is 7.06. The first kappa shape index (κ1) is 14.9. The Morgan fingerprint density at radius 1 is 1.14 bits per heavy atom. The van der Waals surface area contributed by atoms with Crippen LogP contribution in [-0.4, -0.2) is 16.5 Å². The minimum Gasteiger partial charge on any atom is -0.390 e. The number of ketones is 1. The van der Waals surface area contributed by atoms with Crippen LogP contribution in [0.1, 0.15) is 71.6 Å². The minimum atomic E-state index is -0.462. The third kappa shape index (κ3) is 1.85. The van der Waals surface area contributed by atoms with Crippen LogP contribution in [0.3, 0.4) is 0 Å². The lowest BCUT2D eigenvalue weighted by molar-refractivity contribution is -0.123. The van der Waals surface area contributed by atoms with Gasteiger partial charge in [0.15, 0.2) is 5.78 Å². The summed E-state index contributed by atoms with van der Waals surface area (Å²) in [6.45, 7) is 4.39. The molecule has 6 atom stereocenters. The molecule has 4 aliphatic carbocycles. The van der Waals surface area contributed by atoms with Crippen LogP contribution in [0.25, 0.3) is 0 Å². The van der Waals surface area contributed by atoms with Crippen molar-refractivity contribution in [2.45, 2.75) is 77.2 Å². The van der Waals surface area contributed by atoms with Gasteiger partial charge in [-0.2, -0.15) is 0 Å². The molecule has 4 rings (SSSR count). The molecule has 4 aliphatic rings. The third-order valence-electron chi connectivity index (χ3n) is 8.15. The molecule has 0 spiro atoms. The molecule has 3 saturated carbocycles. The van der Waals surface area contributed by atoms with E-state index >= 15 is 0 Å². The standard InChI is InChI=1S/C20H30O2/c1-3-20-11-8-16-15-7-5-14(21)12-13(15)4-6-17(16)18(20)9-10-19(20,2)22/h12,15-18,22H,3-11H2,1-2H3/t15?,16?,17?,18?,19-,20?/m0/s1. The van der Waals surface area contributed by atoms with Crippen molar-refractivity contribution in [3.8, 4) is 0 Å². The Morgan fingerprint density at radius 3 is 2.73 bits per heavy atom. The predicted molar refractivity (Wildman–Crippen MR) is 87.3 cm³/mol. The van der Waals surface area contributed by atoms with Gasteiger partial charge in [0.25, 0.3) is 0 Å². The zero-order chi connectivity index (χ0) is 15.5. The topological polar surface area (TPSA) is 37.3 Å². The lowest BCUT2D eigenvalue weighted by atomic mass is 9.49. The fourth-order valence-electron chi connectivity index (χ4n) is 7.06. The predicted octanol–water partition coefficient (Wildman–Crippen LogP) is 4.27. The molecule has 0 radical (unpaired) electrons. The van der Waals surface area contributed by atoms with Gasteiger partial charge in [0.1, 0.15) is 0 Å². The molecule has 22 heavy (non-hydrogen) atoms. The van der Waals surface area contributed by atoms with Crippen LogP contribution in [0.15, 0.2) is 11.6 Å². The summed E-state index contributed by atoms with van der Waals surface area (Å²) in [6.07, 6.45) is 12.0. The second-order valence-corrected chi connectivity index (χ2v) is 8.66. The van der Waals surface area contributed by atoms with Crippen molar-refractivity contribution in [2.75, 3.05) is 0 Å². The van der Waals surface area contributed by atoms with Crippen molar-refractivity contribution in [2.24, 2.45) is 29.1 Å². The Morgan fingerprint density at radius 2 is 1.95 bits per heavy atom. The Hall–Kier alpha value is -0.630. The van der Waals surface area contributed by atoms with Gasteiger partial charge in [-0.1, -0.05) is 12.5 Å². The quantitative estimate of drug-likeness (QED) is 0.785. The summed E-state index contributed by atoms with van der Waals surface area (Å²) in [5.41, 5.74) is 1.17. The van der Waals surface area contributed by atoms with Crippen LogP contribution in [0.4, 0.5) is 0 Å². The number of carbonyl (C=O) groups is 1. The average molecular weight is 302 g/mol. The van der Waals surface area contributed by atoms with Crippen LogP contribution in [0, 0.1) is 29.1 Å². The summed E-state index contributed by atoms with van der Waals surface area (Å²) in [4.78, 5) is 11.7. The first-order chi connectivity index (χ1) is 10.5. The first-order valence-corrected chi connectivity index (χ1v) is 9.44. The molecule has 0 amide bonds. The van der Waals surface area contributed by atoms with Crippen molar-refractivity contribution >= 4 is 5.78 Å². The first-order valence-electron chi connectivity index (χ1n) is 9.44. The maximum atomic E-state index is 11.7. The molecule has 3 fully saturated rings. The summed E-state index contributed by atoms with van der Waals surface area (Å²) in [5, 5.41) is 11.0. The Kier molecular flexibility index (Phi) is 3.35. The molecule has 122 valence electrons. The van der Waals surface area contributed by atoms with Gasteiger partial charge in [0, 0.05) is 11.8 Å². The van der Waals surface area contributed by atoms with Gasteiger partial charge in [-0.05, 0) is 88.0 Å². The monoisotopic (exact) mass is 302 g/mol. The number of fused-ring (bicyclic) bond motifs is 5. The molecule has 2 nitrogen and oxygen atoms in total. The number of aliphatic hydroxyl groups is 1. The summed E-state index contributed by atoms with van der Waals surface area (Å²) in [6, 6.07) is 0. The normalized spacial score (nSPS) is 50.9. The summed E-state index contributed by atoms with van der Waals surface area (Å²) < 4.78 is 0. The maximum absolute atomic E-state index is 11.7.